The number of aromatic nitrogens is 1. The van der Waals surface area contributed by atoms with Crippen LogP contribution in [0.3, 0.4) is 0 Å². The van der Waals surface area contributed by atoms with Crippen LogP contribution in [0.4, 0.5) is 5.69 Å². The topological polar surface area (TPSA) is 65.3 Å². The summed E-state index contributed by atoms with van der Waals surface area (Å²) in [4.78, 5) is 14.1. The Bertz CT molecular complexity index is 561. The first-order chi connectivity index (χ1) is 8.66. The number of hydrogen-bond acceptors (Lipinski definition) is 4. The summed E-state index contributed by atoms with van der Waals surface area (Å²) in [6, 6.07) is 8.15. The Morgan fingerprint density at radius 2 is 2.22 bits per heavy atom. The van der Waals surface area contributed by atoms with Crippen molar-refractivity contribution in [3.63, 3.8) is 0 Å². The maximum atomic E-state index is 10.6. The van der Waals surface area contributed by atoms with E-state index < -0.39 is 4.92 Å². The number of nitrogens with zero attached hydrogens (tertiary/aromatic N) is 2. The van der Waals surface area contributed by atoms with E-state index in [2.05, 4.69) is 20.9 Å². The Labute approximate surface area is 112 Å². The van der Waals surface area contributed by atoms with Crippen LogP contribution in [-0.4, -0.2) is 9.91 Å². The molecule has 0 atom stereocenters. The van der Waals surface area contributed by atoms with E-state index in [0.29, 0.717) is 16.8 Å². The monoisotopic (exact) mass is 308 g/mol. The summed E-state index contributed by atoms with van der Waals surface area (Å²) in [6.45, 7) is 0.324. The van der Waals surface area contributed by atoms with Crippen molar-refractivity contribution in [1.29, 1.82) is 0 Å². The number of non-ortho nitro benzene ring substituents is 1. The first-order valence-corrected chi connectivity index (χ1v) is 5.92. The van der Waals surface area contributed by atoms with E-state index in [1.807, 2.05) is 0 Å². The quantitative estimate of drug-likeness (QED) is 0.642. The molecular weight excluding hydrogens is 300 g/mol. The first-order valence-electron chi connectivity index (χ1n) is 5.12. The second-order valence-corrected chi connectivity index (χ2v) is 4.36. The minimum atomic E-state index is -0.434. The second-order valence-electron chi connectivity index (χ2n) is 3.51. The predicted octanol–water partition coefficient (Wildman–Crippen LogP) is 3.33. The molecule has 92 valence electrons. The highest BCUT2D eigenvalue weighted by Crippen LogP contribution is 2.24. The number of pyridine rings is 1. The average Bonchev–Trinajstić information content (AvgIpc) is 2.38. The van der Waals surface area contributed by atoms with Crippen molar-refractivity contribution < 1.29 is 9.66 Å². The van der Waals surface area contributed by atoms with Crippen molar-refractivity contribution in [3.8, 4) is 5.75 Å². The molecule has 0 fully saturated rings. The van der Waals surface area contributed by atoms with Gasteiger partial charge >= 0.3 is 0 Å². The van der Waals surface area contributed by atoms with Gasteiger partial charge in [-0.1, -0.05) is 15.9 Å². The molecule has 1 heterocycles. The van der Waals surface area contributed by atoms with E-state index in [4.69, 9.17) is 4.74 Å². The molecule has 0 aliphatic heterocycles. The second kappa shape index (κ2) is 5.59. The molecule has 5 nitrogen and oxygen atoms in total. The molecule has 0 saturated heterocycles. The third kappa shape index (κ3) is 3.04. The van der Waals surface area contributed by atoms with Gasteiger partial charge in [-0.25, -0.2) is 0 Å². The molecule has 2 rings (SSSR count). The number of nitro groups is 1. The van der Waals surface area contributed by atoms with Crippen LogP contribution < -0.4 is 4.74 Å². The fourth-order valence-corrected chi connectivity index (χ4v) is 1.84. The molecule has 0 aliphatic rings. The normalized spacial score (nSPS) is 10.1. The fourth-order valence-electron chi connectivity index (χ4n) is 1.36. The lowest BCUT2D eigenvalue weighted by Crippen LogP contribution is -1.97. The van der Waals surface area contributed by atoms with Gasteiger partial charge in [-0.2, -0.15) is 0 Å². The van der Waals surface area contributed by atoms with Crippen LogP contribution in [0.1, 0.15) is 5.56 Å². The third-order valence-corrected chi connectivity index (χ3v) is 3.01. The first kappa shape index (κ1) is 12.5. The van der Waals surface area contributed by atoms with Gasteiger partial charge in [0, 0.05) is 28.4 Å². The van der Waals surface area contributed by atoms with Gasteiger partial charge in [-0.15, -0.1) is 0 Å². The molecule has 1 aromatic carbocycles. The number of hydrogen-bond donors (Lipinski definition) is 0. The molecule has 0 radical (unpaired) electrons. The smallest absolute Gasteiger partial charge is 0.270 e. The van der Waals surface area contributed by atoms with Gasteiger partial charge in [0.2, 0.25) is 0 Å². The zero-order chi connectivity index (χ0) is 13.0. The lowest BCUT2D eigenvalue weighted by Gasteiger charge is -2.07. The summed E-state index contributed by atoms with van der Waals surface area (Å²) in [5.41, 5.74) is 0.886. The molecule has 0 aliphatic carbocycles. The lowest BCUT2D eigenvalue weighted by molar-refractivity contribution is -0.384. The zero-order valence-corrected chi connectivity index (χ0v) is 10.8. The Hall–Kier alpha value is -1.95. The molecule has 18 heavy (non-hydrogen) atoms. The molecule has 0 N–H and O–H groups in total. The number of nitro benzene ring substituents is 1. The van der Waals surface area contributed by atoms with Crippen LogP contribution in [0.5, 0.6) is 5.75 Å². The van der Waals surface area contributed by atoms with Crippen molar-refractivity contribution >= 4 is 21.6 Å². The molecule has 0 bridgehead atoms. The maximum Gasteiger partial charge on any atom is 0.270 e. The Balaban J connectivity index is 2.08. The van der Waals surface area contributed by atoms with Crippen LogP contribution in [0, 0.1) is 10.1 Å². The van der Waals surface area contributed by atoms with Crippen molar-refractivity contribution in [1.82, 2.24) is 4.98 Å². The fraction of sp³-hybridized carbons (Fsp3) is 0.0833. The van der Waals surface area contributed by atoms with Gasteiger partial charge in [-0.3, -0.25) is 15.1 Å². The minimum Gasteiger partial charge on any atom is -0.487 e. The van der Waals surface area contributed by atoms with Gasteiger partial charge in [0.05, 0.1) is 11.1 Å². The SMILES string of the molecule is O=[N+]([O-])c1ccc(COc2cccnc2)c(Br)c1. The minimum absolute atomic E-state index is 0.0482. The molecule has 0 saturated carbocycles. The third-order valence-electron chi connectivity index (χ3n) is 2.28. The Morgan fingerprint density at radius 3 is 2.83 bits per heavy atom. The number of benzene rings is 1. The van der Waals surface area contributed by atoms with Gasteiger partial charge in [-0.05, 0) is 18.2 Å². The lowest BCUT2D eigenvalue weighted by atomic mass is 10.2. The summed E-state index contributed by atoms with van der Waals surface area (Å²) in [5.74, 6) is 0.655. The van der Waals surface area contributed by atoms with Gasteiger partial charge in [0.1, 0.15) is 12.4 Å². The predicted molar refractivity (Wildman–Crippen MR) is 69.4 cm³/mol. The largest absolute Gasteiger partial charge is 0.487 e. The Morgan fingerprint density at radius 1 is 1.39 bits per heavy atom. The van der Waals surface area contributed by atoms with Crippen LogP contribution in [0.2, 0.25) is 0 Å². The van der Waals surface area contributed by atoms with Crippen molar-refractivity contribution in [3.05, 3.63) is 62.9 Å². The van der Waals surface area contributed by atoms with Gasteiger partial charge in [0.15, 0.2) is 0 Å². The molecule has 0 amide bonds. The zero-order valence-electron chi connectivity index (χ0n) is 9.25. The standard InChI is InChI=1S/C12H9BrN2O3/c13-12-6-10(15(16)17)4-3-9(12)8-18-11-2-1-5-14-7-11/h1-7H,8H2. The van der Waals surface area contributed by atoms with E-state index in [1.54, 1.807) is 30.6 Å². The molecule has 2 aromatic rings. The number of halogens is 1. The van der Waals surface area contributed by atoms with Crippen LogP contribution >= 0.6 is 15.9 Å². The molecule has 0 unspecified atom stereocenters. The Kier molecular flexibility index (Phi) is 3.88. The number of rotatable bonds is 4. The van der Waals surface area contributed by atoms with Crippen molar-refractivity contribution in [2.45, 2.75) is 6.61 Å². The van der Waals surface area contributed by atoms with E-state index in [1.165, 1.54) is 12.1 Å². The van der Waals surface area contributed by atoms with Crippen LogP contribution in [0.25, 0.3) is 0 Å². The number of ether oxygens (including phenoxy) is 1. The summed E-state index contributed by atoms with van der Waals surface area (Å²) in [6.07, 6.45) is 3.27. The molecular formula is C12H9BrN2O3. The van der Waals surface area contributed by atoms with Crippen molar-refractivity contribution in [2.75, 3.05) is 0 Å². The highest BCUT2D eigenvalue weighted by Gasteiger charge is 2.09. The van der Waals surface area contributed by atoms with Crippen molar-refractivity contribution in [2.24, 2.45) is 0 Å². The van der Waals surface area contributed by atoms with Gasteiger partial charge in [0.25, 0.3) is 5.69 Å². The molecule has 1 aromatic heterocycles. The van der Waals surface area contributed by atoms with E-state index >= 15 is 0 Å². The molecule has 0 spiro atoms. The van der Waals surface area contributed by atoms with E-state index in [9.17, 15) is 10.1 Å². The highest BCUT2D eigenvalue weighted by molar-refractivity contribution is 9.10. The van der Waals surface area contributed by atoms with E-state index in [-0.39, 0.29) is 5.69 Å². The summed E-state index contributed by atoms with van der Waals surface area (Å²) < 4.78 is 6.16. The van der Waals surface area contributed by atoms with E-state index in [0.717, 1.165) is 5.56 Å². The summed E-state index contributed by atoms with van der Waals surface area (Å²) >= 11 is 3.29. The average molecular weight is 309 g/mol. The van der Waals surface area contributed by atoms with Gasteiger partial charge < -0.3 is 4.74 Å². The maximum absolute atomic E-state index is 10.6. The summed E-state index contributed by atoms with van der Waals surface area (Å²) in [5, 5.41) is 10.6. The molecule has 6 heteroatoms. The van der Waals surface area contributed by atoms with Crippen LogP contribution in [-0.2, 0) is 6.61 Å². The summed E-state index contributed by atoms with van der Waals surface area (Å²) in [7, 11) is 0. The highest BCUT2D eigenvalue weighted by atomic mass is 79.9. The van der Waals surface area contributed by atoms with Crippen LogP contribution in [0.15, 0.2) is 47.2 Å².